The van der Waals surface area contributed by atoms with E-state index in [0.717, 1.165) is 23.7 Å². The normalized spacial score (nSPS) is 15.9. The topological polar surface area (TPSA) is 0 Å². The zero-order chi connectivity index (χ0) is 15.8. The van der Waals surface area contributed by atoms with Gasteiger partial charge in [0.1, 0.15) is 0 Å². The Balaban J connectivity index is 5.04. The van der Waals surface area contributed by atoms with Gasteiger partial charge in [0.15, 0.2) is 0 Å². The Hall–Kier alpha value is 0. The lowest BCUT2D eigenvalue weighted by Crippen LogP contribution is -2.33. The first-order chi connectivity index (χ1) is 9.32. The first-order valence-corrected chi connectivity index (χ1v) is 9.32. The fraction of sp³-hybridized carbons (Fsp3) is 1.00. The van der Waals surface area contributed by atoms with Crippen molar-refractivity contribution < 1.29 is 0 Å². The van der Waals surface area contributed by atoms with E-state index >= 15 is 0 Å². The smallest absolute Gasteiger partial charge is 0.0323 e. The number of hydrogen-bond acceptors (Lipinski definition) is 0. The van der Waals surface area contributed by atoms with Crippen LogP contribution >= 0.6 is 0 Å². The minimum Gasteiger partial charge on any atom is -0.0654 e. The standard InChI is InChI=1S/C20H42/c1-9-13-20(7,8)19(14-16(5)6)18(12-4)15-17(10-2)11-3/h16-19H,9-15H2,1-8H3. The first kappa shape index (κ1) is 20.0. The van der Waals surface area contributed by atoms with Gasteiger partial charge in [-0.15, -0.1) is 0 Å². The third-order valence-corrected chi connectivity index (χ3v) is 5.51. The van der Waals surface area contributed by atoms with Crippen LogP contribution in [0.4, 0.5) is 0 Å². The molecule has 0 radical (unpaired) electrons. The summed E-state index contributed by atoms with van der Waals surface area (Å²) in [6.07, 6.45) is 9.64. The summed E-state index contributed by atoms with van der Waals surface area (Å²) in [5.74, 6) is 3.58. The highest BCUT2D eigenvalue weighted by Crippen LogP contribution is 2.44. The molecule has 0 aliphatic carbocycles. The molecule has 0 aliphatic heterocycles. The monoisotopic (exact) mass is 282 g/mol. The molecule has 0 saturated heterocycles. The average Bonchev–Trinajstić information content (AvgIpc) is 2.38. The molecule has 0 aliphatic rings. The molecular formula is C20H42. The fourth-order valence-corrected chi connectivity index (χ4v) is 4.15. The molecule has 0 spiro atoms. The van der Waals surface area contributed by atoms with Gasteiger partial charge in [0.2, 0.25) is 0 Å². The molecule has 0 amide bonds. The van der Waals surface area contributed by atoms with Gasteiger partial charge in [0.05, 0.1) is 0 Å². The minimum atomic E-state index is 0.506. The van der Waals surface area contributed by atoms with E-state index in [2.05, 4.69) is 55.4 Å². The van der Waals surface area contributed by atoms with Gasteiger partial charge in [-0.2, -0.15) is 0 Å². The Bertz CT molecular complexity index is 222. The Morgan fingerprint density at radius 3 is 1.70 bits per heavy atom. The predicted octanol–water partition coefficient (Wildman–Crippen LogP) is 7.33. The van der Waals surface area contributed by atoms with Crippen molar-refractivity contribution in [2.75, 3.05) is 0 Å². The Labute approximate surface area is 130 Å². The molecule has 2 unspecified atom stereocenters. The highest BCUT2D eigenvalue weighted by Gasteiger charge is 2.35. The van der Waals surface area contributed by atoms with Crippen LogP contribution in [0.2, 0.25) is 0 Å². The Morgan fingerprint density at radius 2 is 1.35 bits per heavy atom. The highest BCUT2D eigenvalue weighted by molar-refractivity contribution is 4.85. The van der Waals surface area contributed by atoms with Crippen LogP contribution in [0, 0.1) is 29.1 Å². The molecule has 0 aromatic rings. The Kier molecular flexibility index (Phi) is 9.85. The third kappa shape index (κ3) is 6.64. The van der Waals surface area contributed by atoms with Gasteiger partial charge in [-0.3, -0.25) is 0 Å². The van der Waals surface area contributed by atoms with Gasteiger partial charge in [-0.05, 0) is 48.3 Å². The van der Waals surface area contributed by atoms with Crippen LogP contribution in [0.25, 0.3) is 0 Å². The van der Waals surface area contributed by atoms with Crippen molar-refractivity contribution >= 4 is 0 Å². The molecular weight excluding hydrogens is 240 g/mol. The van der Waals surface area contributed by atoms with E-state index in [1.807, 2.05) is 0 Å². The van der Waals surface area contributed by atoms with Crippen LogP contribution in [0.3, 0.4) is 0 Å². The Morgan fingerprint density at radius 1 is 0.800 bits per heavy atom. The van der Waals surface area contributed by atoms with Crippen molar-refractivity contribution in [1.29, 1.82) is 0 Å². The largest absolute Gasteiger partial charge is 0.0654 e. The quantitative estimate of drug-likeness (QED) is 0.372. The average molecular weight is 283 g/mol. The molecule has 0 aromatic heterocycles. The van der Waals surface area contributed by atoms with Gasteiger partial charge in [0, 0.05) is 0 Å². The van der Waals surface area contributed by atoms with Gasteiger partial charge in [-0.25, -0.2) is 0 Å². The summed E-state index contributed by atoms with van der Waals surface area (Å²) in [4.78, 5) is 0. The number of rotatable bonds is 11. The van der Waals surface area contributed by atoms with E-state index in [-0.39, 0.29) is 0 Å². The maximum atomic E-state index is 2.53. The lowest BCUT2D eigenvalue weighted by atomic mass is 9.64. The zero-order valence-electron chi connectivity index (χ0n) is 15.8. The molecule has 0 heterocycles. The van der Waals surface area contributed by atoms with Crippen molar-refractivity contribution in [1.82, 2.24) is 0 Å². The van der Waals surface area contributed by atoms with Crippen molar-refractivity contribution in [3.63, 3.8) is 0 Å². The maximum Gasteiger partial charge on any atom is -0.0323 e. The molecule has 0 saturated carbocycles. The molecule has 0 aromatic carbocycles. The summed E-state index contributed by atoms with van der Waals surface area (Å²) in [5, 5.41) is 0. The van der Waals surface area contributed by atoms with E-state index in [0.29, 0.717) is 5.41 Å². The van der Waals surface area contributed by atoms with Gasteiger partial charge >= 0.3 is 0 Å². The molecule has 0 rings (SSSR count). The van der Waals surface area contributed by atoms with Gasteiger partial charge in [0.25, 0.3) is 0 Å². The van der Waals surface area contributed by atoms with Crippen LogP contribution in [0.1, 0.15) is 100 Å². The van der Waals surface area contributed by atoms with Crippen LogP contribution in [-0.2, 0) is 0 Å². The predicted molar refractivity (Wildman–Crippen MR) is 94.1 cm³/mol. The molecule has 0 nitrogen and oxygen atoms in total. The van der Waals surface area contributed by atoms with E-state index in [1.165, 1.54) is 44.9 Å². The summed E-state index contributed by atoms with van der Waals surface area (Å²) in [6.45, 7) is 19.4. The molecule has 0 N–H and O–H groups in total. The van der Waals surface area contributed by atoms with Crippen LogP contribution in [0.5, 0.6) is 0 Å². The van der Waals surface area contributed by atoms with E-state index in [9.17, 15) is 0 Å². The van der Waals surface area contributed by atoms with Crippen molar-refractivity contribution in [3.8, 4) is 0 Å². The lowest BCUT2D eigenvalue weighted by Gasteiger charge is -2.42. The number of hydrogen-bond donors (Lipinski definition) is 0. The van der Waals surface area contributed by atoms with Crippen LogP contribution < -0.4 is 0 Å². The third-order valence-electron chi connectivity index (χ3n) is 5.51. The van der Waals surface area contributed by atoms with Crippen molar-refractivity contribution in [3.05, 3.63) is 0 Å². The molecule has 0 heteroatoms. The second-order valence-corrected chi connectivity index (χ2v) is 8.06. The summed E-state index contributed by atoms with van der Waals surface area (Å²) in [5.41, 5.74) is 0.506. The molecule has 0 bridgehead atoms. The van der Waals surface area contributed by atoms with Gasteiger partial charge < -0.3 is 0 Å². The SMILES string of the molecule is CCCC(C)(C)C(CC(C)C)C(CC)CC(CC)CC. The zero-order valence-corrected chi connectivity index (χ0v) is 15.8. The van der Waals surface area contributed by atoms with Gasteiger partial charge in [-0.1, -0.05) is 81.1 Å². The second-order valence-electron chi connectivity index (χ2n) is 8.06. The molecule has 20 heavy (non-hydrogen) atoms. The lowest BCUT2D eigenvalue weighted by molar-refractivity contribution is 0.0823. The van der Waals surface area contributed by atoms with E-state index in [1.54, 1.807) is 0 Å². The van der Waals surface area contributed by atoms with Crippen molar-refractivity contribution in [2.24, 2.45) is 29.1 Å². The van der Waals surface area contributed by atoms with E-state index < -0.39 is 0 Å². The second kappa shape index (κ2) is 9.85. The van der Waals surface area contributed by atoms with Crippen LogP contribution in [0.15, 0.2) is 0 Å². The highest BCUT2D eigenvalue weighted by atomic mass is 14.4. The first-order valence-electron chi connectivity index (χ1n) is 9.32. The summed E-state index contributed by atoms with van der Waals surface area (Å²) >= 11 is 0. The van der Waals surface area contributed by atoms with Crippen molar-refractivity contribution in [2.45, 2.75) is 100 Å². The van der Waals surface area contributed by atoms with E-state index in [4.69, 9.17) is 0 Å². The molecule has 2 atom stereocenters. The maximum absolute atomic E-state index is 2.53. The molecule has 122 valence electrons. The molecule has 0 fully saturated rings. The minimum absolute atomic E-state index is 0.506. The van der Waals surface area contributed by atoms with Crippen LogP contribution in [-0.4, -0.2) is 0 Å². The fourth-order valence-electron chi connectivity index (χ4n) is 4.15. The summed E-state index contributed by atoms with van der Waals surface area (Å²) in [7, 11) is 0. The summed E-state index contributed by atoms with van der Waals surface area (Å²) in [6, 6.07) is 0. The summed E-state index contributed by atoms with van der Waals surface area (Å²) < 4.78 is 0.